The van der Waals surface area contributed by atoms with E-state index in [9.17, 15) is 14.7 Å². The second-order valence-corrected chi connectivity index (χ2v) is 10.4. The van der Waals surface area contributed by atoms with Gasteiger partial charge in [-0.2, -0.15) is 0 Å². The second-order valence-electron chi connectivity index (χ2n) is 9.46. The first kappa shape index (κ1) is 25.2. The molecular weight excluding hydrogens is 506 g/mol. The van der Waals surface area contributed by atoms with Gasteiger partial charge in [0.2, 0.25) is 0 Å². The Labute approximate surface area is 215 Å². The third-order valence-electron chi connectivity index (χ3n) is 7.37. The van der Waals surface area contributed by atoms with Gasteiger partial charge in [0.1, 0.15) is 6.61 Å². The third kappa shape index (κ3) is 5.69. The van der Waals surface area contributed by atoms with E-state index >= 15 is 0 Å². The molecule has 184 valence electrons. The summed E-state index contributed by atoms with van der Waals surface area (Å²) < 4.78 is 6.76. The number of allylic oxidation sites excluding steroid dienone is 4. The Morgan fingerprint density at radius 3 is 2.49 bits per heavy atom. The first-order valence-electron chi connectivity index (χ1n) is 12.2. The first-order chi connectivity index (χ1) is 16.9. The summed E-state index contributed by atoms with van der Waals surface area (Å²) in [7, 11) is 0. The Morgan fingerprint density at radius 1 is 1.06 bits per heavy atom. The molecular formula is C29H32BrNO4. The molecule has 1 N–H and O–H groups in total. The molecule has 1 saturated heterocycles. The van der Waals surface area contributed by atoms with Crippen LogP contribution in [0.2, 0.25) is 0 Å². The van der Waals surface area contributed by atoms with Gasteiger partial charge in [-0.3, -0.25) is 4.79 Å². The van der Waals surface area contributed by atoms with Crippen LogP contribution in [0, 0.1) is 5.92 Å². The number of carbonyl (C=O) groups is 2. The molecule has 4 rings (SSSR count). The van der Waals surface area contributed by atoms with Gasteiger partial charge in [0, 0.05) is 23.5 Å². The molecule has 1 amide bonds. The molecule has 5 nitrogen and oxygen atoms in total. The molecule has 0 bridgehead atoms. The summed E-state index contributed by atoms with van der Waals surface area (Å²) in [4.78, 5) is 26.9. The molecule has 2 atom stereocenters. The number of carboxylic acids is 1. The van der Waals surface area contributed by atoms with Crippen molar-refractivity contribution >= 4 is 28.0 Å². The molecule has 2 aliphatic rings. The summed E-state index contributed by atoms with van der Waals surface area (Å²) in [6, 6.07) is 15.8. The summed E-state index contributed by atoms with van der Waals surface area (Å²) in [5.41, 5.74) is 2.25. The number of carboxylic acid groups (broad SMARTS) is 1. The van der Waals surface area contributed by atoms with Crippen LogP contribution in [-0.4, -0.2) is 41.8 Å². The largest absolute Gasteiger partial charge is 0.481 e. The van der Waals surface area contributed by atoms with E-state index in [1.165, 1.54) is 11.1 Å². The first-order valence-corrected chi connectivity index (χ1v) is 13.0. The Morgan fingerprint density at radius 2 is 1.77 bits per heavy atom. The summed E-state index contributed by atoms with van der Waals surface area (Å²) in [5.74, 6) is -0.571. The van der Waals surface area contributed by atoms with Crippen molar-refractivity contribution < 1.29 is 19.4 Å². The van der Waals surface area contributed by atoms with E-state index in [0.29, 0.717) is 32.5 Å². The Bertz CT molecular complexity index is 1100. The molecule has 2 aromatic carbocycles. The van der Waals surface area contributed by atoms with Gasteiger partial charge in [-0.05, 0) is 60.4 Å². The zero-order valence-electron chi connectivity index (χ0n) is 20.0. The molecule has 1 heterocycles. The van der Waals surface area contributed by atoms with Gasteiger partial charge in [-0.1, -0.05) is 83.6 Å². The normalized spacial score (nSPS) is 23.5. The number of carbonyl (C=O) groups excluding carboxylic acids is 1. The van der Waals surface area contributed by atoms with Crippen LogP contribution in [0.5, 0.6) is 0 Å². The number of hydrogen-bond acceptors (Lipinski definition) is 3. The summed E-state index contributed by atoms with van der Waals surface area (Å²) in [6.45, 7) is 3.15. The van der Waals surface area contributed by atoms with Crippen LogP contribution in [0.4, 0.5) is 4.79 Å². The molecule has 1 aliphatic carbocycles. The van der Waals surface area contributed by atoms with E-state index < -0.39 is 11.4 Å². The topological polar surface area (TPSA) is 66.8 Å². The quantitative estimate of drug-likeness (QED) is 0.453. The van der Waals surface area contributed by atoms with Crippen LogP contribution >= 0.6 is 15.9 Å². The van der Waals surface area contributed by atoms with Gasteiger partial charge in [0.15, 0.2) is 0 Å². The number of piperidine rings is 1. The molecule has 0 radical (unpaired) electrons. The zero-order chi connectivity index (χ0) is 24.8. The fraction of sp³-hybridized carbons (Fsp3) is 0.379. The van der Waals surface area contributed by atoms with Crippen LogP contribution in [0.3, 0.4) is 0 Å². The fourth-order valence-corrected chi connectivity index (χ4v) is 5.40. The predicted octanol–water partition coefficient (Wildman–Crippen LogP) is 6.48. The maximum atomic E-state index is 13.0. The van der Waals surface area contributed by atoms with E-state index in [1.54, 1.807) is 4.90 Å². The zero-order valence-corrected chi connectivity index (χ0v) is 21.6. The smallest absolute Gasteiger partial charge is 0.409 e. The third-order valence-corrected chi connectivity index (χ3v) is 7.90. The number of ether oxygens (including phenoxy) is 1. The van der Waals surface area contributed by atoms with Crippen molar-refractivity contribution in [3.05, 3.63) is 94.0 Å². The molecule has 1 aliphatic heterocycles. The van der Waals surface area contributed by atoms with Crippen molar-refractivity contribution in [1.82, 2.24) is 4.90 Å². The molecule has 2 unspecified atom stereocenters. The highest BCUT2D eigenvalue weighted by atomic mass is 79.9. The van der Waals surface area contributed by atoms with E-state index in [2.05, 4.69) is 65.4 Å². The number of rotatable bonds is 4. The number of benzene rings is 2. The van der Waals surface area contributed by atoms with Crippen molar-refractivity contribution in [2.24, 2.45) is 5.92 Å². The van der Waals surface area contributed by atoms with Gasteiger partial charge in [-0.25, -0.2) is 4.79 Å². The number of hydrogen-bond donors (Lipinski definition) is 1. The van der Waals surface area contributed by atoms with Gasteiger partial charge >= 0.3 is 12.1 Å². The highest BCUT2D eigenvalue weighted by Gasteiger charge is 2.44. The van der Waals surface area contributed by atoms with Gasteiger partial charge in [0.05, 0.1) is 5.41 Å². The van der Waals surface area contributed by atoms with Crippen LogP contribution in [0.25, 0.3) is 0 Å². The SMILES string of the molecule is CC1/C=C\C/C=C\Cc2ccccc2C1COC(=O)N1CCC(C(=O)O)(c2ccc(Br)cc2)CC1. The average molecular weight is 538 g/mol. The van der Waals surface area contributed by atoms with E-state index in [0.717, 1.165) is 22.9 Å². The van der Waals surface area contributed by atoms with Crippen LogP contribution in [0.15, 0.2) is 77.3 Å². The highest BCUT2D eigenvalue weighted by Crippen LogP contribution is 2.37. The van der Waals surface area contributed by atoms with E-state index in [-0.39, 0.29) is 17.9 Å². The number of halogens is 1. The number of likely N-dealkylation sites (tertiary alicyclic amines) is 1. The lowest BCUT2D eigenvalue weighted by Crippen LogP contribution is -2.49. The van der Waals surface area contributed by atoms with Crippen molar-refractivity contribution in [2.45, 2.75) is 43.9 Å². The monoisotopic (exact) mass is 537 g/mol. The van der Waals surface area contributed by atoms with Gasteiger partial charge < -0.3 is 14.7 Å². The average Bonchev–Trinajstić information content (AvgIpc) is 2.87. The lowest BCUT2D eigenvalue weighted by atomic mass is 9.73. The molecule has 6 heteroatoms. The minimum Gasteiger partial charge on any atom is -0.481 e. The fourth-order valence-electron chi connectivity index (χ4n) is 5.14. The van der Waals surface area contributed by atoms with E-state index in [4.69, 9.17) is 4.74 Å². The highest BCUT2D eigenvalue weighted by molar-refractivity contribution is 9.10. The van der Waals surface area contributed by atoms with Gasteiger partial charge in [-0.15, -0.1) is 0 Å². The van der Waals surface area contributed by atoms with Crippen LogP contribution < -0.4 is 0 Å². The Balaban J connectivity index is 1.44. The molecule has 2 aromatic rings. The van der Waals surface area contributed by atoms with Crippen molar-refractivity contribution in [3.8, 4) is 0 Å². The molecule has 0 saturated carbocycles. The van der Waals surface area contributed by atoms with Crippen molar-refractivity contribution in [2.75, 3.05) is 19.7 Å². The predicted molar refractivity (Wildman–Crippen MR) is 141 cm³/mol. The lowest BCUT2D eigenvalue weighted by Gasteiger charge is -2.39. The summed E-state index contributed by atoms with van der Waals surface area (Å²) in [6.07, 6.45) is 10.8. The number of amides is 1. The Kier molecular flexibility index (Phi) is 8.11. The number of fused-ring (bicyclic) bond motifs is 1. The maximum absolute atomic E-state index is 13.0. The van der Waals surface area contributed by atoms with E-state index in [1.807, 2.05) is 30.3 Å². The second kappa shape index (κ2) is 11.3. The minimum absolute atomic E-state index is 0.0589. The number of nitrogens with zero attached hydrogens (tertiary/aromatic N) is 1. The van der Waals surface area contributed by atoms with Crippen molar-refractivity contribution in [3.63, 3.8) is 0 Å². The Hall–Kier alpha value is -2.86. The molecule has 0 spiro atoms. The van der Waals surface area contributed by atoms with Gasteiger partial charge in [0.25, 0.3) is 0 Å². The minimum atomic E-state index is -0.987. The molecule has 35 heavy (non-hydrogen) atoms. The number of aliphatic carboxylic acids is 1. The summed E-state index contributed by atoms with van der Waals surface area (Å²) >= 11 is 3.41. The van der Waals surface area contributed by atoms with Crippen LogP contribution in [0.1, 0.15) is 48.8 Å². The van der Waals surface area contributed by atoms with Crippen LogP contribution in [-0.2, 0) is 21.4 Å². The summed E-state index contributed by atoms with van der Waals surface area (Å²) in [5, 5.41) is 10.1. The maximum Gasteiger partial charge on any atom is 0.409 e. The standard InChI is InChI=1S/C29H32BrNO4/c1-21-8-4-2-3-5-9-22-10-6-7-11-25(22)26(21)20-35-28(34)31-18-16-29(17-19-31,27(32)33)23-12-14-24(30)15-13-23/h3-8,10-15,21,26H,2,9,16-20H2,1H3,(H,32,33)/b5-3-,8-4-. The van der Waals surface area contributed by atoms with Crippen molar-refractivity contribution in [1.29, 1.82) is 0 Å². The lowest BCUT2D eigenvalue weighted by molar-refractivity contribution is -0.145. The molecule has 0 aromatic heterocycles. The molecule has 1 fully saturated rings.